The van der Waals surface area contributed by atoms with E-state index < -0.39 is 0 Å². The number of primary amides is 1. The van der Waals surface area contributed by atoms with Crippen LogP contribution in [0.25, 0.3) is 0 Å². The number of hydrogen-bond donors (Lipinski definition) is 2. The zero-order chi connectivity index (χ0) is 14.5. The van der Waals surface area contributed by atoms with Crippen LogP contribution in [0.15, 0.2) is 0 Å². The first-order chi connectivity index (χ1) is 9.52. The minimum absolute atomic E-state index is 0.251. The number of piperidine rings is 1. The lowest BCUT2D eigenvalue weighted by Crippen LogP contribution is -2.42. The van der Waals surface area contributed by atoms with E-state index in [4.69, 9.17) is 5.73 Å². The number of hydrogen-bond acceptors (Lipinski definition) is 6. The molecule has 0 aliphatic carbocycles. The molecule has 1 aliphatic heterocycles. The first-order valence-corrected chi connectivity index (χ1v) is 7.90. The second kappa shape index (κ2) is 6.99. The molecule has 0 atom stereocenters. The summed E-state index contributed by atoms with van der Waals surface area (Å²) in [5.74, 6) is 1.26. The molecule has 0 spiro atoms. The van der Waals surface area contributed by atoms with Gasteiger partial charge in [0.25, 0.3) is 0 Å². The lowest BCUT2D eigenvalue weighted by atomic mass is 10.1. The van der Waals surface area contributed by atoms with Gasteiger partial charge in [-0.3, -0.25) is 9.69 Å². The third-order valence-electron chi connectivity index (χ3n) is 3.35. The highest BCUT2D eigenvalue weighted by Crippen LogP contribution is 2.19. The van der Waals surface area contributed by atoms with E-state index in [2.05, 4.69) is 33.4 Å². The molecule has 3 N–H and O–H groups in total. The molecule has 1 aliphatic rings. The minimum atomic E-state index is -0.251. The fraction of sp³-hybridized carbons (Fsp3) is 0.769. The summed E-state index contributed by atoms with van der Waals surface area (Å²) in [5.41, 5.74) is 5.21. The topological polar surface area (TPSA) is 84.1 Å². The number of likely N-dealkylation sites (tertiary alicyclic amines) is 1. The maximum Gasteiger partial charge on any atom is 0.231 e. The zero-order valence-corrected chi connectivity index (χ0v) is 12.9. The smallest absolute Gasteiger partial charge is 0.231 e. The first-order valence-electron chi connectivity index (χ1n) is 7.12. The predicted octanol–water partition coefficient (Wildman–Crippen LogP) is 1.10. The second-order valence-corrected chi connectivity index (χ2v) is 6.53. The van der Waals surface area contributed by atoms with Gasteiger partial charge in [0.05, 0.1) is 6.54 Å². The Kier molecular flexibility index (Phi) is 5.31. The zero-order valence-electron chi connectivity index (χ0n) is 12.1. The van der Waals surface area contributed by atoms with Gasteiger partial charge < -0.3 is 11.1 Å². The maximum absolute atomic E-state index is 10.9. The summed E-state index contributed by atoms with van der Waals surface area (Å²) < 4.78 is 4.37. The van der Waals surface area contributed by atoms with Crippen LogP contribution >= 0.6 is 11.5 Å². The van der Waals surface area contributed by atoms with Gasteiger partial charge in [-0.2, -0.15) is 4.37 Å². The van der Waals surface area contributed by atoms with Crippen LogP contribution in [0, 0.1) is 5.92 Å². The van der Waals surface area contributed by atoms with Gasteiger partial charge in [0.15, 0.2) is 0 Å². The van der Waals surface area contributed by atoms with Gasteiger partial charge in [0.2, 0.25) is 11.0 Å². The molecule has 0 unspecified atom stereocenters. The fourth-order valence-corrected chi connectivity index (χ4v) is 3.06. The SMILES string of the molecule is CC(C)Cc1nsc(NC2CCN(CC(N)=O)CC2)n1. The standard InChI is InChI=1S/C13H23N5OS/c1-9(2)7-12-16-13(20-17-12)15-10-3-5-18(6-4-10)8-11(14)19/h9-10H,3-8H2,1-2H3,(H2,14,19)(H,15,16,17). The van der Waals surface area contributed by atoms with Crippen LogP contribution in [0.2, 0.25) is 0 Å². The van der Waals surface area contributed by atoms with Gasteiger partial charge in [0, 0.05) is 37.1 Å². The van der Waals surface area contributed by atoms with Crippen molar-refractivity contribution in [2.24, 2.45) is 11.7 Å². The van der Waals surface area contributed by atoms with E-state index in [0.717, 1.165) is 43.3 Å². The highest BCUT2D eigenvalue weighted by molar-refractivity contribution is 7.09. The van der Waals surface area contributed by atoms with E-state index >= 15 is 0 Å². The second-order valence-electron chi connectivity index (χ2n) is 5.77. The molecular formula is C13H23N5OS. The third kappa shape index (κ3) is 4.72. The quantitative estimate of drug-likeness (QED) is 0.821. The molecule has 1 aromatic heterocycles. The monoisotopic (exact) mass is 297 g/mol. The molecule has 2 heterocycles. The van der Waals surface area contributed by atoms with Crippen molar-refractivity contribution < 1.29 is 4.79 Å². The van der Waals surface area contributed by atoms with Gasteiger partial charge in [-0.05, 0) is 18.8 Å². The Hall–Kier alpha value is -1.21. The molecule has 2 rings (SSSR count). The predicted molar refractivity (Wildman–Crippen MR) is 80.7 cm³/mol. The van der Waals surface area contributed by atoms with Crippen LogP contribution in [0.5, 0.6) is 0 Å². The van der Waals surface area contributed by atoms with Crippen molar-refractivity contribution in [3.63, 3.8) is 0 Å². The molecule has 112 valence electrons. The van der Waals surface area contributed by atoms with Crippen LogP contribution < -0.4 is 11.1 Å². The summed E-state index contributed by atoms with van der Waals surface area (Å²) in [4.78, 5) is 17.5. The lowest BCUT2D eigenvalue weighted by molar-refractivity contribution is -0.119. The van der Waals surface area contributed by atoms with Crippen molar-refractivity contribution in [3.8, 4) is 0 Å². The number of nitrogens with one attached hydrogen (secondary N) is 1. The number of carbonyl (C=O) groups excluding carboxylic acids is 1. The van der Waals surface area contributed by atoms with Crippen LogP contribution in [0.4, 0.5) is 5.13 Å². The van der Waals surface area contributed by atoms with Crippen molar-refractivity contribution in [2.75, 3.05) is 25.0 Å². The Morgan fingerprint density at radius 1 is 1.50 bits per heavy atom. The maximum atomic E-state index is 10.9. The average Bonchev–Trinajstić information content (AvgIpc) is 2.77. The van der Waals surface area contributed by atoms with E-state index in [1.807, 2.05) is 0 Å². The summed E-state index contributed by atoms with van der Waals surface area (Å²) >= 11 is 1.44. The third-order valence-corrected chi connectivity index (χ3v) is 4.04. The van der Waals surface area contributed by atoms with Gasteiger partial charge in [-0.25, -0.2) is 4.98 Å². The van der Waals surface area contributed by atoms with Gasteiger partial charge in [-0.1, -0.05) is 13.8 Å². The number of rotatable bonds is 6. The molecule has 6 nitrogen and oxygen atoms in total. The number of anilines is 1. The number of nitrogens with two attached hydrogens (primary N) is 1. The van der Waals surface area contributed by atoms with E-state index in [9.17, 15) is 4.79 Å². The van der Waals surface area contributed by atoms with Gasteiger partial charge >= 0.3 is 0 Å². The first kappa shape index (κ1) is 15.2. The number of carbonyl (C=O) groups is 1. The van der Waals surface area contributed by atoms with Gasteiger partial charge in [-0.15, -0.1) is 0 Å². The summed E-state index contributed by atoms with van der Waals surface area (Å²) in [6.45, 7) is 6.51. The van der Waals surface area contributed by atoms with E-state index in [1.54, 1.807) is 0 Å². The molecule has 0 saturated carbocycles. The molecule has 0 bridgehead atoms. The molecule has 1 amide bonds. The van der Waals surface area contributed by atoms with Crippen molar-refractivity contribution in [2.45, 2.75) is 39.2 Å². The van der Waals surface area contributed by atoms with Crippen LogP contribution in [0.1, 0.15) is 32.5 Å². The summed E-state index contributed by atoms with van der Waals surface area (Å²) in [6.07, 6.45) is 2.94. The van der Waals surface area contributed by atoms with E-state index in [1.165, 1.54) is 11.5 Å². The summed E-state index contributed by atoms with van der Waals surface area (Å²) in [6, 6.07) is 0.416. The normalized spacial score (nSPS) is 17.6. The Morgan fingerprint density at radius 2 is 2.20 bits per heavy atom. The highest BCUT2D eigenvalue weighted by Gasteiger charge is 2.21. The van der Waals surface area contributed by atoms with Crippen molar-refractivity contribution in [1.82, 2.24) is 14.3 Å². The largest absolute Gasteiger partial charge is 0.369 e. The minimum Gasteiger partial charge on any atom is -0.369 e. The Bertz CT molecular complexity index is 440. The Balaban J connectivity index is 1.77. The van der Waals surface area contributed by atoms with Crippen LogP contribution in [-0.2, 0) is 11.2 Å². The number of nitrogens with zero attached hydrogens (tertiary/aromatic N) is 3. The highest BCUT2D eigenvalue weighted by atomic mass is 32.1. The number of amides is 1. The molecule has 1 saturated heterocycles. The molecule has 0 aromatic carbocycles. The van der Waals surface area contributed by atoms with Crippen molar-refractivity contribution in [1.29, 1.82) is 0 Å². The van der Waals surface area contributed by atoms with Crippen molar-refractivity contribution in [3.05, 3.63) is 5.82 Å². The lowest BCUT2D eigenvalue weighted by Gasteiger charge is -2.31. The van der Waals surface area contributed by atoms with E-state index in [-0.39, 0.29) is 5.91 Å². The van der Waals surface area contributed by atoms with Crippen LogP contribution in [0.3, 0.4) is 0 Å². The molecule has 7 heteroatoms. The Labute approximate surface area is 123 Å². The molecule has 20 heavy (non-hydrogen) atoms. The molecule has 0 radical (unpaired) electrons. The van der Waals surface area contributed by atoms with E-state index in [0.29, 0.717) is 18.5 Å². The summed E-state index contributed by atoms with van der Waals surface area (Å²) in [7, 11) is 0. The average molecular weight is 297 g/mol. The Morgan fingerprint density at radius 3 is 2.80 bits per heavy atom. The molecular weight excluding hydrogens is 274 g/mol. The summed E-state index contributed by atoms with van der Waals surface area (Å²) in [5, 5.41) is 4.36. The molecule has 1 fully saturated rings. The number of aromatic nitrogens is 2. The van der Waals surface area contributed by atoms with Crippen molar-refractivity contribution >= 4 is 22.6 Å². The van der Waals surface area contributed by atoms with Crippen LogP contribution in [-0.4, -0.2) is 45.8 Å². The molecule has 1 aromatic rings. The fourth-order valence-electron chi connectivity index (χ4n) is 2.39. The van der Waals surface area contributed by atoms with Gasteiger partial charge in [0.1, 0.15) is 5.82 Å².